The van der Waals surface area contributed by atoms with Crippen molar-refractivity contribution in [2.75, 3.05) is 5.32 Å². The number of nitrogens with one attached hydrogen (secondary N) is 1. The molecule has 132 valence electrons. The zero-order valence-corrected chi connectivity index (χ0v) is 13.9. The van der Waals surface area contributed by atoms with E-state index in [2.05, 4.69) is 5.32 Å². The Kier molecular flexibility index (Phi) is 4.01. The Morgan fingerprint density at radius 3 is 2.56 bits per heavy atom. The van der Waals surface area contributed by atoms with Crippen LogP contribution in [0, 0.1) is 0 Å². The van der Waals surface area contributed by atoms with Crippen molar-refractivity contribution in [2.45, 2.75) is 37.9 Å². The highest BCUT2D eigenvalue weighted by Gasteiger charge is 2.37. The standard InChI is InChI=1S/C19H19F3N2O/c1-18(2)10-16(11-4-3-5-12(8-11)17(23)25)24-15-7-6-13(9-14(15)18)19(20,21)22/h3-9,16,24H,10H2,1-2H3,(H2,23,25). The van der Waals surface area contributed by atoms with Crippen LogP contribution in [0.4, 0.5) is 18.9 Å². The Balaban J connectivity index is 2.00. The largest absolute Gasteiger partial charge is 0.416 e. The number of benzene rings is 2. The van der Waals surface area contributed by atoms with Gasteiger partial charge in [0.25, 0.3) is 0 Å². The summed E-state index contributed by atoms with van der Waals surface area (Å²) in [4.78, 5) is 11.4. The highest BCUT2D eigenvalue weighted by atomic mass is 19.4. The molecule has 1 atom stereocenters. The van der Waals surface area contributed by atoms with Gasteiger partial charge in [0.2, 0.25) is 5.91 Å². The van der Waals surface area contributed by atoms with Gasteiger partial charge in [-0.25, -0.2) is 0 Å². The van der Waals surface area contributed by atoms with Gasteiger partial charge in [-0.1, -0.05) is 26.0 Å². The summed E-state index contributed by atoms with van der Waals surface area (Å²) in [5.74, 6) is -0.507. The van der Waals surface area contributed by atoms with Crippen LogP contribution in [-0.4, -0.2) is 5.91 Å². The van der Waals surface area contributed by atoms with E-state index in [-0.39, 0.29) is 6.04 Å². The zero-order chi connectivity index (χ0) is 18.4. The van der Waals surface area contributed by atoms with E-state index in [1.54, 1.807) is 18.2 Å². The van der Waals surface area contributed by atoms with Gasteiger partial charge in [-0.2, -0.15) is 13.2 Å². The lowest BCUT2D eigenvalue weighted by Crippen LogP contribution is -2.31. The summed E-state index contributed by atoms with van der Waals surface area (Å²) in [6, 6.07) is 10.7. The van der Waals surface area contributed by atoms with Crippen LogP contribution in [0.1, 0.15) is 53.4 Å². The third-order valence-electron chi connectivity index (χ3n) is 4.69. The topological polar surface area (TPSA) is 55.1 Å². The predicted octanol–water partition coefficient (Wildman–Crippen LogP) is 4.64. The predicted molar refractivity (Wildman–Crippen MR) is 90.4 cm³/mol. The lowest BCUT2D eigenvalue weighted by Gasteiger charge is -2.39. The summed E-state index contributed by atoms with van der Waals surface area (Å²) in [6.45, 7) is 3.86. The molecular weight excluding hydrogens is 329 g/mol. The molecule has 0 spiro atoms. The van der Waals surface area contributed by atoms with Crippen LogP contribution >= 0.6 is 0 Å². The zero-order valence-electron chi connectivity index (χ0n) is 13.9. The molecule has 0 radical (unpaired) electrons. The van der Waals surface area contributed by atoms with E-state index in [0.717, 1.165) is 11.6 Å². The summed E-state index contributed by atoms with van der Waals surface area (Å²) >= 11 is 0. The monoisotopic (exact) mass is 348 g/mol. The first kappa shape index (κ1) is 17.3. The van der Waals surface area contributed by atoms with E-state index in [0.29, 0.717) is 23.2 Å². The molecule has 2 aromatic rings. The third kappa shape index (κ3) is 3.34. The smallest absolute Gasteiger partial charge is 0.378 e. The van der Waals surface area contributed by atoms with Crippen LogP contribution in [0.15, 0.2) is 42.5 Å². The molecule has 25 heavy (non-hydrogen) atoms. The summed E-state index contributed by atoms with van der Waals surface area (Å²) in [7, 11) is 0. The molecule has 0 bridgehead atoms. The highest BCUT2D eigenvalue weighted by molar-refractivity contribution is 5.92. The van der Waals surface area contributed by atoms with Crippen molar-refractivity contribution in [3.05, 3.63) is 64.7 Å². The van der Waals surface area contributed by atoms with Gasteiger partial charge in [-0.3, -0.25) is 4.79 Å². The van der Waals surface area contributed by atoms with Gasteiger partial charge >= 0.3 is 6.18 Å². The molecule has 1 aliphatic heterocycles. The highest BCUT2D eigenvalue weighted by Crippen LogP contribution is 2.45. The molecule has 1 amide bonds. The second-order valence-corrected chi connectivity index (χ2v) is 7.03. The van der Waals surface area contributed by atoms with Gasteiger partial charge in [0.15, 0.2) is 0 Å². The molecule has 2 aromatic carbocycles. The van der Waals surface area contributed by atoms with E-state index in [9.17, 15) is 18.0 Å². The first-order valence-electron chi connectivity index (χ1n) is 7.96. The second-order valence-electron chi connectivity index (χ2n) is 7.03. The molecule has 1 unspecified atom stereocenters. The number of hydrogen-bond acceptors (Lipinski definition) is 2. The van der Waals surface area contributed by atoms with Crippen molar-refractivity contribution in [3.8, 4) is 0 Å². The van der Waals surface area contributed by atoms with Gasteiger partial charge < -0.3 is 11.1 Å². The number of nitrogens with two attached hydrogens (primary N) is 1. The quantitative estimate of drug-likeness (QED) is 0.831. The van der Waals surface area contributed by atoms with Crippen molar-refractivity contribution < 1.29 is 18.0 Å². The van der Waals surface area contributed by atoms with E-state index < -0.39 is 23.1 Å². The molecule has 0 fully saturated rings. The summed E-state index contributed by atoms with van der Waals surface area (Å²) in [5.41, 5.74) is 6.86. The first-order valence-corrected chi connectivity index (χ1v) is 7.96. The molecule has 3 N–H and O–H groups in total. The molecule has 6 heteroatoms. The van der Waals surface area contributed by atoms with Crippen molar-refractivity contribution >= 4 is 11.6 Å². The van der Waals surface area contributed by atoms with Crippen molar-refractivity contribution in [1.29, 1.82) is 0 Å². The van der Waals surface area contributed by atoms with Crippen LogP contribution in [0.5, 0.6) is 0 Å². The normalized spacial score (nSPS) is 19.0. The van der Waals surface area contributed by atoms with Gasteiger partial charge in [0.1, 0.15) is 0 Å². The minimum absolute atomic E-state index is 0.112. The lowest BCUT2D eigenvalue weighted by molar-refractivity contribution is -0.137. The first-order chi connectivity index (χ1) is 11.6. The summed E-state index contributed by atoms with van der Waals surface area (Å²) in [6.07, 6.45) is -3.76. The Hall–Kier alpha value is -2.50. The molecular formula is C19H19F3N2O. The number of rotatable bonds is 2. The molecule has 0 aromatic heterocycles. The van der Waals surface area contributed by atoms with E-state index in [1.165, 1.54) is 12.1 Å². The average Bonchev–Trinajstić information content (AvgIpc) is 2.53. The maximum Gasteiger partial charge on any atom is 0.416 e. The fraction of sp³-hybridized carbons (Fsp3) is 0.316. The van der Waals surface area contributed by atoms with Gasteiger partial charge in [-0.05, 0) is 53.3 Å². The van der Waals surface area contributed by atoms with Crippen molar-refractivity contribution in [1.82, 2.24) is 0 Å². The number of primary amides is 1. The fourth-order valence-electron chi connectivity index (χ4n) is 3.38. The van der Waals surface area contributed by atoms with Crippen molar-refractivity contribution in [2.24, 2.45) is 5.73 Å². The lowest BCUT2D eigenvalue weighted by atomic mass is 9.73. The molecule has 3 rings (SSSR count). The van der Waals surface area contributed by atoms with Crippen LogP contribution in [-0.2, 0) is 11.6 Å². The van der Waals surface area contributed by atoms with E-state index in [4.69, 9.17) is 5.73 Å². The van der Waals surface area contributed by atoms with E-state index in [1.807, 2.05) is 19.9 Å². The van der Waals surface area contributed by atoms with Gasteiger partial charge in [0.05, 0.1) is 11.6 Å². The fourth-order valence-corrected chi connectivity index (χ4v) is 3.38. The minimum atomic E-state index is -4.36. The van der Waals surface area contributed by atoms with Crippen LogP contribution in [0.3, 0.4) is 0 Å². The van der Waals surface area contributed by atoms with Crippen LogP contribution in [0.2, 0.25) is 0 Å². The second kappa shape index (κ2) is 5.79. The SMILES string of the molecule is CC1(C)CC(c2cccc(C(N)=O)c2)Nc2ccc(C(F)(F)F)cc21. The van der Waals surface area contributed by atoms with Gasteiger partial charge in [0, 0.05) is 11.3 Å². The maximum atomic E-state index is 13.0. The number of fused-ring (bicyclic) bond motifs is 1. The summed E-state index contributed by atoms with van der Waals surface area (Å²) < 4.78 is 39.0. The molecule has 1 heterocycles. The number of hydrogen-bond donors (Lipinski definition) is 2. The Morgan fingerprint density at radius 2 is 1.92 bits per heavy atom. The summed E-state index contributed by atoms with van der Waals surface area (Å²) in [5, 5.41) is 3.29. The molecule has 1 aliphatic rings. The number of alkyl halides is 3. The number of carbonyl (C=O) groups is 1. The van der Waals surface area contributed by atoms with E-state index >= 15 is 0 Å². The van der Waals surface area contributed by atoms with Gasteiger partial charge in [-0.15, -0.1) is 0 Å². The number of amides is 1. The van der Waals surface area contributed by atoms with Crippen molar-refractivity contribution in [3.63, 3.8) is 0 Å². The minimum Gasteiger partial charge on any atom is -0.378 e. The average molecular weight is 348 g/mol. The van der Waals surface area contributed by atoms with Crippen LogP contribution < -0.4 is 11.1 Å². The third-order valence-corrected chi connectivity index (χ3v) is 4.69. The number of anilines is 1. The molecule has 0 saturated heterocycles. The molecule has 0 saturated carbocycles. The number of halogens is 3. The Labute approximate surface area is 144 Å². The van der Waals surface area contributed by atoms with Crippen LogP contribution in [0.25, 0.3) is 0 Å². The number of carbonyl (C=O) groups excluding carboxylic acids is 1. The molecule has 0 aliphatic carbocycles. The Morgan fingerprint density at radius 1 is 1.20 bits per heavy atom. The maximum absolute atomic E-state index is 13.0. The Bertz CT molecular complexity index is 828. The molecule has 3 nitrogen and oxygen atoms in total.